The van der Waals surface area contributed by atoms with E-state index in [-0.39, 0.29) is 0 Å². The van der Waals surface area contributed by atoms with Gasteiger partial charge in [0.15, 0.2) is 0 Å². The Balaban J connectivity index is 2.56. The highest BCUT2D eigenvalue weighted by atomic mass is 32.1. The molecule has 0 aliphatic heterocycles. The number of hydrogen-bond donors (Lipinski definition) is 1. The number of benzene rings is 1. The molecule has 2 heteroatoms. The summed E-state index contributed by atoms with van der Waals surface area (Å²) in [6.45, 7) is 2.74. The summed E-state index contributed by atoms with van der Waals surface area (Å²) in [6, 6.07) is 10.5. The van der Waals surface area contributed by atoms with Crippen LogP contribution >= 0.6 is 11.3 Å². The van der Waals surface area contributed by atoms with E-state index in [1.165, 1.54) is 21.6 Å². The smallest absolute Gasteiger partial charge is 0.0375 e. The summed E-state index contributed by atoms with van der Waals surface area (Å²) in [6.07, 6.45) is 0. The molecule has 72 valence electrons. The molecule has 1 aromatic heterocycles. The molecule has 0 aliphatic rings. The molecule has 1 aromatic carbocycles. The lowest BCUT2D eigenvalue weighted by Crippen LogP contribution is -1.98. The topological polar surface area (TPSA) is 26.0 Å². The summed E-state index contributed by atoms with van der Waals surface area (Å²) < 4.78 is 0. The van der Waals surface area contributed by atoms with E-state index >= 15 is 0 Å². The van der Waals surface area contributed by atoms with Crippen molar-refractivity contribution >= 4 is 11.3 Å². The Morgan fingerprint density at radius 1 is 1.21 bits per heavy atom. The minimum absolute atomic E-state index is 0.605. The van der Waals surface area contributed by atoms with Crippen LogP contribution in [0.1, 0.15) is 11.1 Å². The molecule has 14 heavy (non-hydrogen) atoms. The van der Waals surface area contributed by atoms with E-state index in [2.05, 4.69) is 36.6 Å². The van der Waals surface area contributed by atoms with Crippen molar-refractivity contribution in [3.8, 4) is 10.4 Å². The summed E-state index contributed by atoms with van der Waals surface area (Å²) in [7, 11) is 0. The third-order valence-corrected chi connectivity index (χ3v) is 3.39. The van der Waals surface area contributed by atoms with E-state index in [1.807, 2.05) is 6.07 Å². The second kappa shape index (κ2) is 3.95. The summed E-state index contributed by atoms with van der Waals surface area (Å²) in [4.78, 5) is 1.34. The molecule has 0 bridgehead atoms. The van der Waals surface area contributed by atoms with Gasteiger partial charge in [0.05, 0.1) is 0 Å². The van der Waals surface area contributed by atoms with E-state index in [0.717, 1.165) is 0 Å². The molecule has 0 amide bonds. The Kier molecular flexibility index (Phi) is 2.66. The van der Waals surface area contributed by atoms with Crippen LogP contribution in [0, 0.1) is 6.92 Å². The molecule has 0 saturated heterocycles. The molecule has 1 heterocycles. The first-order valence-corrected chi connectivity index (χ1v) is 5.53. The average Bonchev–Trinajstić information content (AvgIpc) is 2.64. The van der Waals surface area contributed by atoms with Crippen LogP contribution in [-0.2, 0) is 6.54 Å². The molecule has 0 unspecified atom stereocenters. The van der Waals surface area contributed by atoms with Crippen molar-refractivity contribution in [2.75, 3.05) is 0 Å². The van der Waals surface area contributed by atoms with Gasteiger partial charge < -0.3 is 5.73 Å². The van der Waals surface area contributed by atoms with Gasteiger partial charge in [-0.2, -0.15) is 0 Å². The normalized spacial score (nSPS) is 10.4. The molecule has 2 rings (SSSR count). The lowest BCUT2D eigenvalue weighted by atomic mass is 10.0. The van der Waals surface area contributed by atoms with E-state index in [4.69, 9.17) is 5.73 Å². The largest absolute Gasteiger partial charge is 0.326 e. The van der Waals surface area contributed by atoms with Crippen molar-refractivity contribution in [3.63, 3.8) is 0 Å². The first-order valence-electron chi connectivity index (χ1n) is 4.65. The SMILES string of the molecule is Cc1ccsc1-c1ccccc1CN. The van der Waals surface area contributed by atoms with Crippen LogP contribution in [0.25, 0.3) is 10.4 Å². The lowest BCUT2D eigenvalue weighted by molar-refractivity contribution is 1.07. The zero-order valence-corrected chi connectivity index (χ0v) is 8.97. The third-order valence-electron chi connectivity index (χ3n) is 2.34. The van der Waals surface area contributed by atoms with E-state index < -0.39 is 0 Å². The highest BCUT2D eigenvalue weighted by molar-refractivity contribution is 7.13. The minimum atomic E-state index is 0.605. The summed E-state index contributed by atoms with van der Waals surface area (Å²) in [5.41, 5.74) is 9.54. The fourth-order valence-electron chi connectivity index (χ4n) is 1.57. The molecular weight excluding hydrogens is 190 g/mol. The summed E-state index contributed by atoms with van der Waals surface area (Å²) in [5.74, 6) is 0. The highest BCUT2D eigenvalue weighted by Gasteiger charge is 2.06. The van der Waals surface area contributed by atoms with Crippen molar-refractivity contribution in [2.45, 2.75) is 13.5 Å². The van der Waals surface area contributed by atoms with Crippen LogP contribution in [0.4, 0.5) is 0 Å². The third kappa shape index (κ3) is 1.59. The predicted octanol–water partition coefficient (Wildman–Crippen LogP) is 3.18. The zero-order valence-electron chi connectivity index (χ0n) is 8.16. The van der Waals surface area contributed by atoms with Crippen molar-refractivity contribution in [3.05, 3.63) is 46.8 Å². The van der Waals surface area contributed by atoms with Crippen molar-refractivity contribution in [1.82, 2.24) is 0 Å². The van der Waals surface area contributed by atoms with Gasteiger partial charge in [-0.3, -0.25) is 0 Å². The van der Waals surface area contributed by atoms with E-state index in [1.54, 1.807) is 11.3 Å². The van der Waals surface area contributed by atoms with Gasteiger partial charge in [-0.1, -0.05) is 24.3 Å². The second-order valence-electron chi connectivity index (χ2n) is 3.29. The molecule has 0 fully saturated rings. The van der Waals surface area contributed by atoms with Gasteiger partial charge in [-0.15, -0.1) is 11.3 Å². The van der Waals surface area contributed by atoms with E-state index in [9.17, 15) is 0 Å². The maximum absolute atomic E-state index is 5.71. The van der Waals surface area contributed by atoms with Crippen LogP contribution in [0.15, 0.2) is 35.7 Å². The molecule has 0 spiro atoms. The first-order chi connectivity index (χ1) is 6.83. The Morgan fingerprint density at radius 3 is 2.64 bits per heavy atom. The fraction of sp³-hybridized carbons (Fsp3) is 0.167. The summed E-state index contributed by atoms with van der Waals surface area (Å²) in [5, 5.41) is 2.12. The van der Waals surface area contributed by atoms with Gasteiger partial charge in [0.2, 0.25) is 0 Å². The van der Waals surface area contributed by atoms with Gasteiger partial charge in [-0.05, 0) is 35.1 Å². The quantitative estimate of drug-likeness (QED) is 0.797. The molecule has 0 saturated carbocycles. The first kappa shape index (κ1) is 9.44. The van der Waals surface area contributed by atoms with E-state index in [0.29, 0.717) is 6.54 Å². The summed E-state index contributed by atoms with van der Waals surface area (Å²) >= 11 is 1.78. The average molecular weight is 203 g/mol. The lowest BCUT2D eigenvalue weighted by Gasteiger charge is -2.06. The number of aryl methyl sites for hydroxylation is 1. The monoisotopic (exact) mass is 203 g/mol. The molecule has 0 atom stereocenters. The fourth-order valence-corrected chi connectivity index (χ4v) is 2.56. The van der Waals surface area contributed by atoms with Gasteiger partial charge in [-0.25, -0.2) is 0 Å². The van der Waals surface area contributed by atoms with Gasteiger partial charge >= 0.3 is 0 Å². The maximum Gasteiger partial charge on any atom is 0.0375 e. The Hall–Kier alpha value is -1.12. The Morgan fingerprint density at radius 2 is 2.00 bits per heavy atom. The maximum atomic E-state index is 5.71. The number of thiophene rings is 1. The Bertz CT molecular complexity index is 431. The zero-order chi connectivity index (χ0) is 9.97. The van der Waals surface area contributed by atoms with Crippen LogP contribution < -0.4 is 5.73 Å². The van der Waals surface area contributed by atoms with Crippen molar-refractivity contribution in [2.24, 2.45) is 5.73 Å². The van der Waals surface area contributed by atoms with Crippen LogP contribution in [-0.4, -0.2) is 0 Å². The molecule has 0 aliphatic carbocycles. The minimum Gasteiger partial charge on any atom is -0.326 e. The number of hydrogen-bond acceptors (Lipinski definition) is 2. The van der Waals surface area contributed by atoms with Crippen LogP contribution in [0.5, 0.6) is 0 Å². The second-order valence-corrected chi connectivity index (χ2v) is 4.21. The predicted molar refractivity (Wildman–Crippen MR) is 62.4 cm³/mol. The Labute approximate surface area is 88.2 Å². The molecule has 2 N–H and O–H groups in total. The van der Waals surface area contributed by atoms with Crippen molar-refractivity contribution < 1.29 is 0 Å². The molecule has 0 radical (unpaired) electrons. The van der Waals surface area contributed by atoms with Gasteiger partial charge in [0.1, 0.15) is 0 Å². The van der Waals surface area contributed by atoms with Gasteiger partial charge in [0, 0.05) is 11.4 Å². The van der Waals surface area contributed by atoms with Crippen LogP contribution in [0.3, 0.4) is 0 Å². The highest BCUT2D eigenvalue weighted by Crippen LogP contribution is 2.31. The number of rotatable bonds is 2. The number of nitrogens with two attached hydrogens (primary N) is 1. The van der Waals surface area contributed by atoms with Crippen molar-refractivity contribution in [1.29, 1.82) is 0 Å². The molecule has 2 aromatic rings. The standard InChI is InChI=1S/C12H13NS/c1-9-6-7-14-12(9)11-5-3-2-4-10(11)8-13/h2-7H,8,13H2,1H3. The molecular formula is C12H13NS. The molecule has 1 nitrogen and oxygen atoms in total. The van der Waals surface area contributed by atoms with Gasteiger partial charge in [0.25, 0.3) is 0 Å². The van der Waals surface area contributed by atoms with Crippen LogP contribution in [0.2, 0.25) is 0 Å².